The van der Waals surface area contributed by atoms with Crippen LogP contribution in [0.5, 0.6) is 17.2 Å². The van der Waals surface area contributed by atoms with Crippen LogP contribution in [-0.4, -0.2) is 46.9 Å². The summed E-state index contributed by atoms with van der Waals surface area (Å²) in [6.07, 6.45) is 1.49. The van der Waals surface area contributed by atoms with Crippen molar-refractivity contribution in [3.63, 3.8) is 0 Å². The number of amides is 1. The number of carbonyl (C=O) groups is 1. The van der Waals surface area contributed by atoms with Crippen molar-refractivity contribution >= 4 is 33.0 Å². The van der Waals surface area contributed by atoms with E-state index in [-0.39, 0.29) is 12.4 Å². The molecule has 1 atom stereocenters. The van der Waals surface area contributed by atoms with E-state index in [1.54, 1.807) is 42.5 Å². The molecule has 0 fully saturated rings. The van der Waals surface area contributed by atoms with Crippen molar-refractivity contribution in [2.45, 2.75) is 6.04 Å². The molecule has 1 aliphatic rings. The highest BCUT2D eigenvalue weighted by molar-refractivity contribution is 7.94. The number of sulfone groups is 1. The molecule has 0 aromatic heterocycles. The fourth-order valence-electron chi connectivity index (χ4n) is 2.95. The van der Waals surface area contributed by atoms with Gasteiger partial charge < -0.3 is 14.2 Å². The number of nitrogens with zero attached hydrogens (tertiary/aromatic N) is 1. The minimum atomic E-state index is -3.38. The summed E-state index contributed by atoms with van der Waals surface area (Å²) in [5.74, 6) is 0.760. The number of carbonyl (C=O) groups excluding carboxylic acids is 1. The molecule has 29 heavy (non-hydrogen) atoms. The minimum absolute atomic E-state index is 0.213. The van der Waals surface area contributed by atoms with E-state index in [0.29, 0.717) is 28.0 Å². The second-order valence-electron chi connectivity index (χ2n) is 6.27. The summed E-state index contributed by atoms with van der Waals surface area (Å²) in [7, 11) is -0.400. The predicted molar refractivity (Wildman–Crippen MR) is 111 cm³/mol. The summed E-state index contributed by atoms with van der Waals surface area (Å²) >= 11 is 5.86. The Hall–Kier alpha value is -2.71. The number of methoxy groups -OCH3 is 2. The normalized spacial score (nSPS) is 17.0. The number of halogens is 1. The van der Waals surface area contributed by atoms with E-state index in [4.69, 9.17) is 25.8 Å². The van der Waals surface area contributed by atoms with E-state index < -0.39 is 21.8 Å². The summed E-state index contributed by atoms with van der Waals surface area (Å²) in [4.78, 5) is 14.4. The van der Waals surface area contributed by atoms with Crippen molar-refractivity contribution in [2.24, 2.45) is 0 Å². The molecule has 1 aliphatic heterocycles. The van der Waals surface area contributed by atoms with Gasteiger partial charge in [0.15, 0.2) is 16.4 Å². The third kappa shape index (κ3) is 5.02. The lowest BCUT2D eigenvalue weighted by atomic mass is 10.2. The fraction of sp³-hybridized carbons (Fsp3) is 0.250. The number of anilines is 1. The molecular weight excluding hydrogens is 418 g/mol. The molecule has 0 saturated heterocycles. The molecular formula is C20H20ClNO6S. The van der Waals surface area contributed by atoms with Gasteiger partial charge in [0.25, 0.3) is 5.91 Å². The highest BCUT2D eigenvalue weighted by Gasteiger charge is 2.33. The Kier molecular flexibility index (Phi) is 6.34. The zero-order valence-corrected chi connectivity index (χ0v) is 17.4. The zero-order chi connectivity index (χ0) is 21.0. The molecule has 1 amide bonds. The highest BCUT2D eigenvalue weighted by atomic mass is 35.5. The fourth-order valence-corrected chi connectivity index (χ4v) is 4.34. The first kappa shape index (κ1) is 21.0. The van der Waals surface area contributed by atoms with Crippen molar-refractivity contribution in [3.05, 3.63) is 59.0 Å². The summed E-state index contributed by atoms with van der Waals surface area (Å²) in [6, 6.07) is 10.9. The van der Waals surface area contributed by atoms with Gasteiger partial charge in [-0.3, -0.25) is 9.69 Å². The maximum atomic E-state index is 13.1. The van der Waals surface area contributed by atoms with Gasteiger partial charge in [-0.25, -0.2) is 8.42 Å². The lowest BCUT2D eigenvalue weighted by Gasteiger charge is -2.29. The maximum absolute atomic E-state index is 13.1. The van der Waals surface area contributed by atoms with E-state index >= 15 is 0 Å². The van der Waals surface area contributed by atoms with Gasteiger partial charge in [-0.2, -0.15) is 0 Å². The van der Waals surface area contributed by atoms with Crippen molar-refractivity contribution in [1.29, 1.82) is 0 Å². The Morgan fingerprint density at radius 2 is 1.79 bits per heavy atom. The second-order valence-corrected chi connectivity index (χ2v) is 8.64. The van der Waals surface area contributed by atoms with E-state index in [1.165, 1.54) is 25.2 Å². The number of hydrogen-bond acceptors (Lipinski definition) is 6. The van der Waals surface area contributed by atoms with Crippen LogP contribution < -0.4 is 19.1 Å². The van der Waals surface area contributed by atoms with E-state index in [2.05, 4.69) is 0 Å². The van der Waals surface area contributed by atoms with Crippen LogP contribution in [-0.2, 0) is 14.6 Å². The third-order valence-corrected chi connectivity index (χ3v) is 5.96. The Labute approximate surface area is 174 Å². The third-order valence-electron chi connectivity index (χ3n) is 4.33. The molecule has 0 saturated carbocycles. The van der Waals surface area contributed by atoms with Gasteiger partial charge in [0.1, 0.15) is 17.2 Å². The maximum Gasteiger partial charge on any atom is 0.265 e. The highest BCUT2D eigenvalue weighted by Crippen LogP contribution is 2.35. The molecule has 0 aliphatic carbocycles. The first-order valence-corrected chi connectivity index (χ1v) is 10.8. The summed E-state index contributed by atoms with van der Waals surface area (Å²) in [5, 5.41) is 1.67. The monoisotopic (exact) mass is 437 g/mol. The molecule has 0 N–H and O–H groups in total. The van der Waals surface area contributed by atoms with Gasteiger partial charge in [-0.1, -0.05) is 11.6 Å². The van der Waals surface area contributed by atoms with Gasteiger partial charge in [0.05, 0.1) is 31.7 Å². The first-order valence-electron chi connectivity index (χ1n) is 8.66. The van der Waals surface area contributed by atoms with Gasteiger partial charge in [0.2, 0.25) is 0 Å². The first-order chi connectivity index (χ1) is 13.8. The topological polar surface area (TPSA) is 82.1 Å². The Bertz CT molecular complexity index is 1020. The lowest BCUT2D eigenvalue weighted by molar-refractivity contribution is -0.120. The van der Waals surface area contributed by atoms with Crippen LogP contribution >= 0.6 is 11.6 Å². The van der Waals surface area contributed by atoms with Crippen LogP contribution in [0.25, 0.3) is 0 Å². The molecule has 1 heterocycles. The smallest absolute Gasteiger partial charge is 0.265 e. The minimum Gasteiger partial charge on any atom is -0.497 e. The van der Waals surface area contributed by atoms with Crippen LogP contribution in [0.1, 0.15) is 0 Å². The molecule has 2 aromatic carbocycles. The molecule has 7 nitrogen and oxygen atoms in total. The quantitative estimate of drug-likeness (QED) is 0.662. The molecule has 0 spiro atoms. The van der Waals surface area contributed by atoms with Crippen LogP contribution in [0.2, 0.25) is 5.02 Å². The van der Waals surface area contributed by atoms with Crippen LogP contribution in [0, 0.1) is 0 Å². The van der Waals surface area contributed by atoms with Crippen LogP contribution in [0.15, 0.2) is 53.9 Å². The van der Waals surface area contributed by atoms with Gasteiger partial charge in [-0.05, 0) is 42.5 Å². The predicted octanol–water partition coefficient (Wildman–Crippen LogP) is 3.08. The second kappa shape index (κ2) is 8.75. The van der Waals surface area contributed by atoms with Gasteiger partial charge in [0, 0.05) is 16.5 Å². The number of rotatable bonds is 7. The lowest BCUT2D eigenvalue weighted by Crippen LogP contribution is -2.43. The number of hydrogen-bond donors (Lipinski definition) is 0. The van der Waals surface area contributed by atoms with Crippen LogP contribution in [0.3, 0.4) is 0 Å². The molecule has 154 valence electrons. The summed E-state index contributed by atoms with van der Waals surface area (Å²) < 4.78 is 40.1. The SMILES string of the molecule is COc1ccc(N(C(=O)COc2ccc(Cl)cc2)[C@@H]2C=CS(=O)(=O)C2)c(OC)c1. The molecule has 0 unspecified atom stereocenters. The van der Waals surface area contributed by atoms with Gasteiger partial charge in [-0.15, -0.1) is 0 Å². The van der Waals surface area contributed by atoms with Crippen molar-refractivity contribution in [2.75, 3.05) is 31.5 Å². The molecule has 0 radical (unpaired) electrons. The largest absolute Gasteiger partial charge is 0.497 e. The Morgan fingerprint density at radius 1 is 1.10 bits per heavy atom. The number of ether oxygens (including phenoxy) is 3. The van der Waals surface area contributed by atoms with E-state index in [1.807, 2.05) is 0 Å². The van der Waals surface area contributed by atoms with Gasteiger partial charge >= 0.3 is 0 Å². The zero-order valence-electron chi connectivity index (χ0n) is 15.9. The van der Waals surface area contributed by atoms with E-state index in [9.17, 15) is 13.2 Å². The summed E-state index contributed by atoms with van der Waals surface area (Å²) in [5.41, 5.74) is 0.421. The summed E-state index contributed by atoms with van der Waals surface area (Å²) in [6.45, 7) is -0.290. The molecule has 3 rings (SSSR count). The molecule has 2 aromatic rings. The van der Waals surface area contributed by atoms with Crippen molar-refractivity contribution in [3.8, 4) is 17.2 Å². The van der Waals surface area contributed by atoms with Crippen LogP contribution in [0.4, 0.5) is 5.69 Å². The average Bonchev–Trinajstić information content (AvgIpc) is 3.07. The van der Waals surface area contributed by atoms with Crippen molar-refractivity contribution in [1.82, 2.24) is 0 Å². The molecule has 0 bridgehead atoms. The standard InChI is InChI=1S/C20H20ClNO6S/c1-26-17-7-8-18(19(11-17)27-2)22(15-9-10-29(24,25)13-15)20(23)12-28-16-5-3-14(21)4-6-16/h3-11,15H,12-13H2,1-2H3/t15-/m1/s1. The Balaban J connectivity index is 1.90. The van der Waals surface area contributed by atoms with Crippen molar-refractivity contribution < 1.29 is 27.4 Å². The number of benzene rings is 2. The average molecular weight is 438 g/mol. The molecule has 9 heteroatoms. The Morgan fingerprint density at radius 3 is 2.38 bits per heavy atom. The van der Waals surface area contributed by atoms with E-state index in [0.717, 1.165) is 5.41 Å².